The monoisotopic (exact) mass is 382 g/mol. The standard InChI is InChI=1S/C14H15BrN4O4/c1-6(20)23-14-5-8-10(11(14)17-13(22)18(14)2)16-12(21)7-3-4-9(15)19(7)8/h3-4,8,10-11H,5H2,1-2H3,(H,16,21)(H,17,22)/t8-,10-,11+,14+/m1/s1. The summed E-state index contributed by atoms with van der Waals surface area (Å²) in [5, 5.41) is 5.79. The fraction of sp³-hybridized carbons (Fsp3) is 0.500. The van der Waals surface area contributed by atoms with Crippen LogP contribution in [0.5, 0.6) is 0 Å². The fourth-order valence-corrected chi connectivity index (χ4v) is 4.62. The zero-order chi connectivity index (χ0) is 16.5. The van der Waals surface area contributed by atoms with Crippen molar-refractivity contribution in [1.29, 1.82) is 0 Å². The normalized spacial score (nSPS) is 34.4. The Bertz CT molecular complexity index is 747. The molecule has 8 nitrogen and oxygen atoms in total. The van der Waals surface area contributed by atoms with E-state index >= 15 is 0 Å². The number of rotatable bonds is 1. The van der Waals surface area contributed by atoms with Gasteiger partial charge in [0.15, 0.2) is 0 Å². The zero-order valence-corrected chi connectivity index (χ0v) is 14.1. The summed E-state index contributed by atoms with van der Waals surface area (Å²) in [6.45, 7) is 1.32. The van der Waals surface area contributed by atoms with Crippen LogP contribution in [0.1, 0.15) is 29.9 Å². The van der Waals surface area contributed by atoms with E-state index in [0.717, 1.165) is 4.60 Å². The highest BCUT2D eigenvalue weighted by atomic mass is 79.9. The van der Waals surface area contributed by atoms with Crippen LogP contribution in [0.4, 0.5) is 4.79 Å². The summed E-state index contributed by atoms with van der Waals surface area (Å²) in [7, 11) is 1.60. The van der Waals surface area contributed by atoms with Gasteiger partial charge in [-0.1, -0.05) is 0 Å². The highest BCUT2D eigenvalue weighted by molar-refractivity contribution is 9.10. The minimum atomic E-state index is -1.10. The first-order valence-electron chi connectivity index (χ1n) is 7.26. The molecule has 23 heavy (non-hydrogen) atoms. The number of nitrogens with zero attached hydrogens (tertiary/aromatic N) is 2. The molecule has 4 atom stereocenters. The van der Waals surface area contributed by atoms with Gasteiger partial charge in [-0.3, -0.25) is 14.5 Å². The number of carbonyl (C=O) groups is 3. The van der Waals surface area contributed by atoms with E-state index < -0.39 is 17.7 Å². The first kappa shape index (κ1) is 14.6. The number of amides is 3. The summed E-state index contributed by atoms with van der Waals surface area (Å²) in [4.78, 5) is 37.5. The second kappa shape index (κ2) is 4.50. The van der Waals surface area contributed by atoms with Gasteiger partial charge >= 0.3 is 12.0 Å². The number of nitrogens with one attached hydrogen (secondary N) is 2. The summed E-state index contributed by atoms with van der Waals surface area (Å²) in [5.41, 5.74) is -0.554. The number of fused-ring (bicyclic) bond motifs is 5. The fourth-order valence-electron chi connectivity index (χ4n) is 4.03. The van der Waals surface area contributed by atoms with Crippen molar-refractivity contribution in [2.75, 3.05) is 7.05 Å². The van der Waals surface area contributed by atoms with Crippen molar-refractivity contribution < 1.29 is 19.1 Å². The molecule has 9 heteroatoms. The smallest absolute Gasteiger partial charge is 0.320 e. The number of aromatic nitrogens is 1. The molecule has 0 aromatic carbocycles. The number of halogens is 1. The van der Waals surface area contributed by atoms with Crippen LogP contribution in [0.3, 0.4) is 0 Å². The van der Waals surface area contributed by atoms with Crippen molar-refractivity contribution in [3.05, 3.63) is 22.4 Å². The lowest BCUT2D eigenvalue weighted by molar-refractivity contribution is -0.171. The lowest BCUT2D eigenvalue weighted by Gasteiger charge is -2.33. The number of urea groups is 1. The zero-order valence-electron chi connectivity index (χ0n) is 12.5. The molecule has 1 aliphatic carbocycles. The van der Waals surface area contributed by atoms with Gasteiger partial charge in [-0.2, -0.15) is 0 Å². The van der Waals surface area contributed by atoms with E-state index in [0.29, 0.717) is 12.1 Å². The highest BCUT2D eigenvalue weighted by Crippen LogP contribution is 2.48. The highest BCUT2D eigenvalue weighted by Gasteiger charge is 2.66. The number of esters is 1. The maximum atomic E-state index is 12.3. The van der Waals surface area contributed by atoms with E-state index in [1.807, 2.05) is 10.6 Å². The van der Waals surface area contributed by atoms with Crippen LogP contribution in [0.15, 0.2) is 16.7 Å². The van der Waals surface area contributed by atoms with E-state index in [1.165, 1.54) is 11.8 Å². The number of hydrogen-bond donors (Lipinski definition) is 2. The van der Waals surface area contributed by atoms with Gasteiger partial charge < -0.3 is 19.9 Å². The third kappa shape index (κ3) is 1.73. The summed E-state index contributed by atoms with van der Waals surface area (Å²) in [5.74, 6) is -0.672. The average molecular weight is 383 g/mol. The molecule has 0 spiro atoms. The predicted octanol–water partition coefficient (Wildman–Crippen LogP) is 0.590. The van der Waals surface area contributed by atoms with Crippen LogP contribution < -0.4 is 10.6 Å². The molecule has 3 heterocycles. The third-order valence-corrected chi connectivity index (χ3v) is 5.61. The molecule has 0 radical (unpaired) electrons. The number of likely N-dealkylation sites (N-methyl/N-ethyl adjacent to an activating group) is 1. The molecule has 2 N–H and O–H groups in total. The van der Waals surface area contributed by atoms with Gasteiger partial charge in [0.05, 0.1) is 16.7 Å². The Kier molecular flexibility index (Phi) is 2.85. The van der Waals surface area contributed by atoms with Crippen molar-refractivity contribution in [2.45, 2.75) is 37.2 Å². The van der Waals surface area contributed by atoms with Crippen LogP contribution in [0, 0.1) is 0 Å². The molecule has 1 aromatic heterocycles. The molecule has 2 fully saturated rings. The maximum absolute atomic E-state index is 12.3. The topological polar surface area (TPSA) is 92.7 Å². The lowest BCUT2D eigenvalue weighted by atomic mass is 10.1. The first-order chi connectivity index (χ1) is 10.8. The van der Waals surface area contributed by atoms with Crippen molar-refractivity contribution >= 4 is 33.8 Å². The van der Waals surface area contributed by atoms with Crippen molar-refractivity contribution in [3.63, 3.8) is 0 Å². The number of hydrogen-bond acceptors (Lipinski definition) is 4. The molecule has 1 saturated carbocycles. The molecular formula is C14H15BrN4O4. The van der Waals surface area contributed by atoms with Crippen LogP contribution in [0.25, 0.3) is 0 Å². The summed E-state index contributed by atoms with van der Waals surface area (Å²) in [6.07, 6.45) is 0.401. The molecule has 3 amide bonds. The first-order valence-corrected chi connectivity index (χ1v) is 8.06. The molecule has 1 aromatic rings. The van der Waals surface area contributed by atoms with Crippen LogP contribution >= 0.6 is 15.9 Å². The van der Waals surface area contributed by atoms with Gasteiger partial charge in [0, 0.05) is 20.4 Å². The van der Waals surface area contributed by atoms with E-state index in [9.17, 15) is 14.4 Å². The Morgan fingerprint density at radius 1 is 1.39 bits per heavy atom. The minimum absolute atomic E-state index is 0.125. The minimum Gasteiger partial charge on any atom is -0.436 e. The Balaban J connectivity index is 1.83. The van der Waals surface area contributed by atoms with Crippen molar-refractivity contribution in [3.8, 4) is 0 Å². The van der Waals surface area contributed by atoms with Gasteiger partial charge in [0.1, 0.15) is 11.7 Å². The third-order valence-electron chi connectivity index (χ3n) is 4.96. The second-order valence-corrected chi connectivity index (χ2v) is 6.92. The molecule has 2 aliphatic heterocycles. The Hall–Kier alpha value is -2.03. The summed E-state index contributed by atoms with van der Waals surface area (Å²) >= 11 is 3.47. The van der Waals surface area contributed by atoms with Crippen LogP contribution in [0.2, 0.25) is 0 Å². The molecule has 4 rings (SSSR count). The van der Waals surface area contributed by atoms with Crippen LogP contribution in [-0.2, 0) is 9.53 Å². The van der Waals surface area contributed by atoms with Gasteiger partial charge in [0.25, 0.3) is 5.91 Å². The van der Waals surface area contributed by atoms with Crippen molar-refractivity contribution in [1.82, 2.24) is 20.1 Å². The number of carbonyl (C=O) groups excluding carboxylic acids is 3. The SMILES string of the molecule is CC(=O)O[C@@]12C[C@@H]3[C@@H](NC(=O)c4ccc(Br)n43)[C@@H]1NC(=O)N2C. The van der Waals surface area contributed by atoms with E-state index in [2.05, 4.69) is 26.6 Å². The Morgan fingerprint density at radius 3 is 2.83 bits per heavy atom. The summed E-state index contributed by atoms with van der Waals surface area (Å²) < 4.78 is 8.27. The average Bonchev–Trinajstić information content (AvgIpc) is 3.06. The van der Waals surface area contributed by atoms with E-state index in [4.69, 9.17) is 4.74 Å². The predicted molar refractivity (Wildman–Crippen MR) is 81.6 cm³/mol. The van der Waals surface area contributed by atoms with E-state index in [-0.39, 0.29) is 24.0 Å². The molecule has 3 aliphatic rings. The van der Waals surface area contributed by atoms with Crippen LogP contribution in [-0.4, -0.2) is 52.2 Å². The van der Waals surface area contributed by atoms with Crippen molar-refractivity contribution in [2.24, 2.45) is 0 Å². The van der Waals surface area contributed by atoms with Gasteiger partial charge in [-0.15, -0.1) is 0 Å². The largest absolute Gasteiger partial charge is 0.436 e. The maximum Gasteiger partial charge on any atom is 0.320 e. The lowest BCUT2D eigenvalue weighted by Crippen LogP contribution is -2.57. The van der Waals surface area contributed by atoms with Gasteiger partial charge in [0.2, 0.25) is 5.72 Å². The number of ether oxygens (including phenoxy) is 1. The molecule has 0 bridgehead atoms. The van der Waals surface area contributed by atoms with Gasteiger partial charge in [-0.25, -0.2) is 4.79 Å². The second-order valence-electron chi connectivity index (χ2n) is 6.11. The Morgan fingerprint density at radius 2 is 2.13 bits per heavy atom. The quantitative estimate of drug-likeness (QED) is 0.695. The molecule has 0 unspecified atom stereocenters. The molecular weight excluding hydrogens is 368 g/mol. The summed E-state index contributed by atoms with van der Waals surface area (Å²) in [6, 6.07) is 2.25. The van der Waals surface area contributed by atoms with E-state index in [1.54, 1.807) is 13.1 Å². The van der Waals surface area contributed by atoms with Gasteiger partial charge in [-0.05, 0) is 28.1 Å². The molecule has 1 saturated heterocycles. The Labute approximate surface area is 140 Å². The molecule has 122 valence electrons.